The Bertz CT molecular complexity index is 468. The van der Waals surface area contributed by atoms with Crippen LogP contribution in [0.2, 0.25) is 0 Å². The third kappa shape index (κ3) is 8.80. The molecule has 0 fully saturated rings. The maximum absolute atomic E-state index is 11.8. The second-order valence-corrected chi connectivity index (χ2v) is 3.40. The molecule has 0 radical (unpaired) electrons. The molecule has 3 nitrogen and oxygen atoms in total. The quantitative estimate of drug-likeness (QED) is 0.299. The van der Waals surface area contributed by atoms with Crippen molar-refractivity contribution in [3.05, 3.63) is 66.7 Å². The van der Waals surface area contributed by atoms with Crippen LogP contribution in [0.3, 0.4) is 0 Å². The average Bonchev–Trinajstić information content (AvgIpc) is 2.61. The summed E-state index contributed by atoms with van der Waals surface area (Å²) in [5.41, 5.74) is 0.598. The number of ether oxygens (including phenoxy) is 2. The van der Waals surface area contributed by atoms with Crippen molar-refractivity contribution in [2.24, 2.45) is 0 Å². The van der Waals surface area contributed by atoms with Crippen LogP contribution in [-0.4, -0.2) is 12.9 Å². The number of methoxy groups -OCH3 is 1. The summed E-state index contributed by atoms with van der Waals surface area (Å²) in [6.07, 6.45) is 6.13. The highest BCUT2D eigenvalue weighted by molar-refractivity contribution is 6.04. The van der Waals surface area contributed by atoms with Gasteiger partial charge in [-0.05, 0) is 49.4 Å². The Morgan fingerprint density at radius 1 is 1.05 bits per heavy atom. The molecule has 0 saturated heterocycles. The smallest absolute Gasteiger partial charge is 0.185 e. The van der Waals surface area contributed by atoms with Gasteiger partial charge in [0.1, 0.15) is 11.5 Å². The predicted molar refractivity (Wildman–Crippen MR) is 94.2 cm³/mol. The highest BCUT2D eigenvalue weighted by Crippen LogP contribution is 2.12. The lowest BCUT2D eigenvalue weighted by atomic mass is 10.1. The lowest BCUT2D eigenvalue weighted by Gasteiger charge is -2.01. The minimum atomic E-state index is -0.0929. The molecule has 0 N–H and O–H groups in total. The maximum atomic E-state index is 11.8. The van der Waals surface area contributed by atoms with E-state index in [1.165, 1.54) is 12.3 Å². The highest BCUT2D eigenvalue weighted by Gasteiger charge is 2.02. The van der Waals surface area contributed by atoms with Gasteiger partial charge in [0.15, 0.2) is 5.78 Å². The van der Waals surface area contributed by atoms with E-state index in [1.54, 1.807) is 43.5 Å². The van der Waals surface area contributed by atoms with Crippen LogP contribution in [0.5, 0.6) is 5.75 Å². The molecule has 0 aliphatic rings. The zero-order valence-corrected chi connectivity index (χ0v) is 14.6. The van der Waals surface area contributed by atoms with Crippen LogP contribution in [0.4, 0.5) is 0 Å². The third-order valence-electron chi connectivity index (χ3n) is 2.28. The Kier molecular flexibility index (Phi) is 15.1. The Morgan fingerprint density at radius 2 is 1.59 bits per heavy atom. The van der Waals surface area contributed by atoms with E-state index >= 15 is 0 Å². The predicted octanol–water partition coefficient (Wildman–Crippen LogP) is 5.55. The molecule has 0 spiro atoms. The topological polar surface area (TPSA) is 35.5 Å². The zero-order chi connectivity index (χ0) is 17.4. The van der Waals surface area contributed by atoms with Crippen LogP contribution < -0.4 is 4.74 Å². The first kappa shape index (κ1) is 22.0. The molecule has 0 aliphatic carbocycles. The van der Waals surface area contributed by atoms with Gasteiger partial charge < -0.3 is 9.47 Å². The molecule has 0 heterocycles. The van der Waals surface area contributed by atoms with Crippen molar-refractivity contribution < 1.29 is 14.3 Å². The van der Waals surface area contributed by atoms with Crippen molar-refractivity contribution in [1.82, 2.24) is 0 Å². The molecule has 0 bridgehead atoms. The standard InChI is InChI=1S/C15H16O3.2C2H6/c1-4-13(18-5-2)10-11-15(16)12-6-8-14(17-3)9-7-12;2*1-2/h4-11H,2H2,1,3H3;2*1-2H3/b11-10+,13-4-;;. The van der Waals surface area contributed by atoms with Gasteiger partial charge in [0.2, 0.25) is 0 Å². The van der Waals surface area contributed by atoms with Crippen molar-refractivity contribution in [3.8, 4) is 5.75 Å². The summed E-state index contributed by atoms with van der Waals surface area (Å²) in [5, 5.41) is 0. The first-order valence-electron chi connectivity index (χ1n) is 7.51. The van der Waals surface area contributed by atoms with Gasteiger partial charge in [-0.25, -0.2) is 0 Å². The normalized spacial score (nSPS) is 9.82. The van der Waals surface area contributed by atoms with Gasteiger partial charge in [-0.1, -0.05) is 34.3 Å². The molecule has 22 heavy (non-hydrogen) atoms. The van der Waals surface area contributed by atoms with Crippen LogP contribution in [0.25, 0.3) is 0 Å². The fraction of sp³-hybridized carbons (Fsp3) is 0.316. The van der Waals surface area contributed by atoms with E-state index in [4.69, 9.17) is 9.47 Å². The minimum Gasteiger partial charge on any atom is -0.497 e. The number of rotatable bonds is 6. The summed E-state index contributed by atoms with van der Waals surface area (Å²) in [6.45, 7) is 13.3. The molecule has 0 saturated carbocycles. The summed E-state index contributed by atoms with van der Waals surface area (Å²) < 4.78 is 10.1. The van der Waals surface area contributed by atoms with Crippen molar-refractivity contribution in [2.75, 3.05) is 7.11 Å². The molecule has 0 aromatic heterocycles. The number of hydrogen-bond acceptors (Lipinski definition) is 3. The fourth-order valence-corrected chi connectivity index (χ4v) is 1.31. The van der Waals surface area contributed by atoms with Crippen LogP contribution >= 0.6 is 0 Å². The molecule has 0 atom stereocenters. The Morgan fingerprint density at radius 3 is 2.00 bits per heavy atom. The molecule has 0 aliphatic heterocycles. The number of allylic oxidation sites excluding steroid dienone is 3. The average molecular weight is 304 g/mol. The number of carbonyl (C=O) groups is 1. The lowest BCUT2D eigenvalue weighted by Crippen LogP contribution is -1.94. The van der Waals surface area contributed by atoms with Gasteiger partial charge in [-0.3, -0.25) is 4.79 Å². The molecule has 0 amide bonds. The fourth-order valence-electron chi connectivity index (χ4n) is 1.31. The largest absolute Gasteiger partial charge is 0.497 e. The SMILES string of the molecule is C=COC(=C\C)/C=C/C(=O)c1ccc(OC)cc1.CC.CC. The summed E-state index contributed by atoms with van der Waals surface area (Å²) in [7, 11) is 1.58. The van der Waals surface area contributed by atoms with Crippen molar-refractivity contribution in [2.45, 2.75) is 34.6 Å². The van der Waals surface area contributed by atoms with Gasteiger partial charge in [0, 0.05) is 5.56 Å². The van der Waals surface area contributed by atoms with Crippen LogP contribution in [-0.2, 0) is 4.74 Å². The van der Waals surface area contributed by atoms with Gasteiger partial charge in [0.05, 0.1) is 13.4 Å². The summed E-state index contributed by atoms with van der Waals surface area (Å²) >= 11 is 0. The minimum absolute atomic E-state index is 0.0929. The third-order valence-corrected chi connectivity index (χ3v) is 2.28. The Labute approximate surface area is 135 Å². The van der Waals surface area contributed by atoms with Gasteiger partial charge >= 0.3 is 0 Å². The molecule has 0 unspecified atom stereocenters. The van der Waals surface area contributed by atoms with E-state index in [0.29, 0.717) is 11.3 Å². The van der Waals surface area contributed by atoms with Crippen LogP contribution in [0.15, 0.2) is 61.1 Å². The van der Waals surface area contributed by atoms with E-state index in [0.717, 1.165) is 5.75 Å². The molecular formula is C19H28O3. The van der Waals surface area contributed by atoms with E-state index in [1.807, 2.05) is 34.6 Å². The molecule has 3 heteroatoms. The Balaban J connectivity index is 0. The van der Waals surface area contributed by atoms with Crippen LogP contribution in [0, 0.1) is 0 Å². The van der Waals surface area contributed by atoms with E-state index < -0.39 is 0 Å². The summed E-state index contributed by atoms with van der Waals surface area (Å²) in [4.78, 5) is 11.8. The van der Waals surface area contributed by atoms with Crippen LogP contribution in [0.1, 0.15) is 45.0 Å². The lowest BCUT2D eigenvalue weighted by molar-refractivity contribution is 0.104. The molecular weight excluding hydrogens is 276 g/mol. The van der Waals surface area contributed by atoms with E-state index in [2.05, 4.69) is 6.58 Å². The second kappa shape index (κ2) is 15.1. The molecule has 1 rings (SSSR count). The number of benzene rings is 1. The molecule has 1 aromatic carbocycles. The van der Waals surface area contributed by atoms with E-state index in [-0.39, 0.29) is 5.78 Å². The zero-order valence-electron chi connectivity index (χ0n) is 14.6. The number of ketones is 1. The second-order valence-electron chi connectivity index (χ2n) is 3.40. The van der Waals surface area contributed by atoms with E-state index in [9.17, 15) is 4.79 Å². The summed E-state index contributed by atoms with van der Waals surface area (Å²) in [6, 6.07) is 6.93. The molecule has 122 valence electrons. The number of hydrogen-bond donors (Lipinski definition) is 0. The Hall–Kier alpha value is -2.29. The van der Waals surface area contributed by atoms with Crippen molar-refractivity contribution in [1.29, 1.82) is 0 Å². The van der Waals surface area contributed by atoms with Crippen molar-refractivity contribution >= 4 is 5.78 Å². The summed E-state index contributed by atoms with van der Waals surface area (Å²) in [5.74, 6) is 1.20. The first-order valence-corrected chi connectivity index (χ1v) is 7.51. The van der Waals surface area contributed by atoms with Gasteiger partial charge in [-0.15, -0.1) is 0 Å². The van der Waals surface area contributed by atoms with Gasteiger partial charge in [-0.2, -0.15) is 0 Å². The highest BCUT2D eigenvalue weighted by atomic mass is 16.5. The molecule has 1 aromatic rings. The monoisotopic (exact) mass is 304 g/mol. The maximum Gasteiger partial charge on any atom is 0.185 e. The first-order chi connectivity index (χ1) is 10.7. The number of carbonyl (C=O) groups excluding carboxylic acids is 1. The van der Waals surface area contributed by atoms with Crippen molar-refractivity contribution in [3.63, 3.8) is 0 Å². The van der Waals surface area contributed by atoms with Gasteiger partial charge in [0.25, 0.3) is 0 Å².